The van der Waals surface area contributed by atoms with Gasteiger partial charge < -0.3 is 11.1 Å². The third kappa shape index (κ3) is 2.67. The molecule has 0 amide bonds. The molecule has 0 radical (unpaired) electrons. The van der Waals surface area contributed by atoms with Crippen molar-refractivity contribution < 1.29 is 0 Å². The Hall–Kier alpha value is -0.0800. The van der Waals surface area contributed by atoms with Gasteiger partial charge in [0.25, 0.3) is 0 Å². The topological polar surface area (TPSA) is 38.0 Å². The maximum absolute atomic E-state index is 5.85. The van der Waals surface area contributed by atoms with Crippen molar-refractivity contribution in [3.8, 4) is 0 Å². The highest BCUT2D eigenvalue weighted by molar-refractivity contribution is 4.75. The molecule has 0 aromatic carbocycles. The lowest BCUT2D eigenvalue weighted by Gasteiger charge is -2.24. The number of nitrogens with one attached hydrogen (secondary N) is 1. The second-order valence-electron chi connectivity index (χ2n) is 3.01. The third-order valence-corrected chi connectivity index (χ3v) is 2.39. The molecule has 0 rings (SSSR count). The van der Waals surface area contributed by atoms with E-state index in [9.17, 15) is 0 Å². The summed E-state index contributed by atoms with van der Waals surface area (Å²) in [6, 6.07) is 0.859. The maximum Gasteiger partial charge on any atom is 0.00766 e. The van der Waals surface area contributed by atoms with Crippen molar-refractivity contribution >= 4 is 0 Å². The van der Waals surface area contributed by atoms with Crippen LogP contribution in [0.3, 0.4) is 0 Å². The van der Waals surface area contributed by atoms with E-state index in [1.165, 1.54) is 0 Å². The molecule has 0 aliphatic rings. The monoisotopic (exact) mass is 144 g/mol. The van der Waals surface area contributed by atoms with Crippen molar-refractivity contribution in [3.63, 3.8) is 0 Å². The molecule has 0 aliphatic heterocycles. The molecule has 3 N–H and O–H groups in total. The van der Waals surface area contributed by atoms with Gasteiger partial charge in [-0.05, 0) is 26.3 Å². The Bertz CT molecular complexity index is 73.3. The standard InChI is InChI=1S/C8H20N2/c1-5-8(9)6(2)7(3)10-4/h6-8,10H,5,9H2,1-4H3. The minimum absolute atomic E-state index is 0.336. The minimum atomic E-state index is 0.336. The quantitative estimate of drug-likeness (QED) is 0.617. The Morgan fingerprint density at radius 2 is 1.90 bits per heavy atom. The number of rotatable bonds is 4. The van der Waals surface area contributed by atoms with Crippen LogP contribution in [0.2, 0.25) is 0 Å². The Kier molecular flexibility index (Phi) is 4.65. The highest BCUT2D eigenvalue weighted by Crippen LogP contribution is 2.08. The summed E-state index contributed by atoms with van der Waals surface area (Å²) in [7, 11) is 1.98. The Morgan fingerprint density at radius 1 is 1.40 bits per heavy atom. The van der Waals surface area contributed by atoms with Crippen LogP contribution in [-0.4, -0.2) is 19.1 Å². The van der Waals surface area contributed by atoms with Crippen LogP contribution in [0.15, 0.2) is 0 Å². The molecule has 0 bridgehead atoms. The van der Waals surface area contributed by atoms with Crippen molar-refractivity contribution in [2.45, 2.75) is 39.3 Å². The summed E-state index contributed by atoms with van der Waals surface area (Å²) in [4.78, 5) is 0. The summed E-state index contributed by atoms with van der Waals surface area (Å²) < 4.78 is 0. The number of hydrogen-bond donors (Lipinski definition) is 2. The van der Waals surface area contributed by atoms with Crippen LogP contribution in [0.1, 0.15) is 27.2 Å². The van der Waals surface area contributed by atoms with E-state index >= 15 is 0 Å². The van der Waals surface area contributed by atoms with Gasteiger partial charge in [-0.1, -0.05) is 13.8 Å². The molecule has 3 atom stereocenters. The third-order valence-electron chi connectivity index (χ3n) is 2.39. The van der Waals surface area contributed by atoms with Crippen LogP contribution in [0.5, 0.6) is 0 Å². The van der Waals surface area contributed by atoms with Crippen molar-refractivity contribution in [2.75, 3.05) is 7.05 Å². The van der Waals surface area contributed by atoms with Crippen LogP contribution in [0, 0.1) is 5.92 Å². The van der Waals surface area contributed by atoms with E-state index in [2.05, 4.69) is 26.1 Å². The molecule has 0 heterocycles. The molecule has 62 valence electrons. The first kappa shape index (κ1) is 9.92. The first-order chi connectivity index (χ1) is 4.63. The van der Waals surface area contributed by atoms with Crippen LogP contribution >= 0.6 is 0 Å². The van der Waals surface area contributed by atoms with Crippen molar-refractivity contribution in [2.24, 2.45) is 11.7 Å². The molecule has 0 saturated carbocycles. The second-order valence-corrected chi connectivity index (χ2v) is 3.01. The summed E-state index contributed by atoms with van der Waals surface area (Å²) in [6.45, 7) is 6.49. The fourth-order valence-electron chi connectivity index (χ4n) is 1.01. The van der Waals surface area contributed by atoms with Crippen molar-refractivity contribution in [1.29, 1.82) is 0 Å². The van der Waals surface area contributed by atoms with Gasteiger partial charge >= 0.3 is 0 Å². The predicted molar refractivity (Wildman–Crippen MR) is 46.0 cm³/mol. The Morgan fingerprint density at radius 3 is 2.20 bits per heavy atom. The zero-order chi connectivity index (χ0) is 8.15. The van der Waals surface area contributed by atoms with Crippen molar-refractivity contribution in [3.05, 3.63) is 0 Å². The van der Waals surface area contributed by atoms with Gasteiger partial charge in [-0.2, -0.15) is 0 Å². The summed E-state index contributed by atoms with van der Waals surface area (Å²) in [6.07, 6.45) is 1.06. The zero-order valence-electron chi connectivity index (χ0n) is 7.52. The average molecular weight is 144 g/mol. The number of hydrogen-bond acceptors (Lipinski definition) is 2. The molecule has 0 aromatic rings. The average Bonchev–Trinajstić information content (AvgIpc) is 2.00. The number of nitrogens with two attached hydrogens (primary N) is 1. The molecule has 10 heavy (non-hydrogen) atoms. The van der Waals surface area contributed by atoms with E-state index in [1.807, 2.05) is 7.05 Å². The molecule has 3 unspecified atom stereocenters. The molecular weight excluding hydrogens is 124 g/mol. The first-order valence-corrected chi connectivity index (χ1v) is 4.06. The SMILES string of the molecule is CCC(N)C(C)C(C)NC. The molecular formula is C8H20N2. The van der Waals surface area contributed by atoms with Gasteiger partial charge in [-0.25, -0.2) is 0 Å². The molecule has 0 aliphatic carbocycles. The van der Waals surface area contributed by atoms with Gasteiger partial charge in [0, 0.05) is 12.1 Å². The van der Waals surface area contributed by atoms with E-state index in [-0.39, 0.29) is 0 Å². The smallest absolute Gasteiger partial charge is 0.00766 e. The highest BCUT2D eigenvalue weighted by atomic mass is 14.9. The molecule has 0 fully saturated rings. The van der Waals surface area contributed by atoms with E-state index in [1.54, 1.807) is 0 Å². The van der Waals surface area contributed by atoms with E-state index in [0.29, 0.717) is 18.0 Å². The summed E-state index contributed by atoms with van der Waals surface area (Å²) in [5.74, 6) is 0.565. The van der Waals surface area contributed by atoms with E-state index < -0.39 is 0 Å². The summed E-state index contributed by atoms with van der Waals surface area (Å²) in [5.41, 5.74) is 5.85. The van der Waals surface area contributed by atoms with Gasteiger partial charge in [0.2, 0.25) is 0 Å². The van der Waals surface area contributed by atoms with E-state index in [4.69, 9.17) is 5.73 Å². The lowest BCUT2D eigenvalue weighted by Crippen LogP contribution is -2.40. The maximum atomic E-state index is 5.85. The second kappa shape index (κ2) is 4.69. The van der Waals surface area contributed by atoms with Crippen LogP contribution in [0.4, 0.5) is 0 Å². The van der Waals surface area contributed by atoms with Gasteiger partial charge in [-0.15, -0.1) is 0 Å². The van der Waals surface area contributed by atoms with Crippen LogP contribution in [-0.2, 0) is 0 Å². The van der Waals surface area contributed by atoms with Crippen molar-refractivity contribution in [1.82, 2.24) is 5.32 Å². The fourth-order valence-corrected chi connectivity index (χ4v) is 1.01. The largest absolute Gasteiger partial charge is 0.327 e. The van der Waals surface area contributed by atoms with Gasteiger partial charge in [0.1, 0.15) is 0 Å². The fraction of sp³-hybridized carbons (Fsp3) is 1.00. The zero-order valence-corrected chi connectivity index (χ0v) is 7.52. The Balaban J connectivity index is 3.69. The molecule has 2 nitrogen and oxygen atoms in total. The van der Waals surface area contributed by atoms with Gasteiger partial charge in [0.15, 0.2) is 0 Å². The predicted octanol–water partition coefficient (Wildman–Crippen LogP) is 0.968. The molecule has 0 spiro atoms. The lowest BCUT2D eigenvalue weighted by atomic mass is 9.94. The normalized spacial score (nSPS) is 20.1. The summed E-state index contributed by atoms with van der Waals surface area (Å²) in [5, 5.41) is 3.20. The van der Waals surface area contributed by atoms with Crippen LogP contribution in [0.25, 0.3) is 0 Å². The molecule has 2 heteroatoms. The lowest BCUT2D eigenvalue weighted by molar-refractivity contribution is 0.351. The van der Waals surface area contributed by atoms with Gasteiger partial charge in [0.05, 0.1) is 0 Å². The minimum Gasteiger partial charge on any atom is -0.327 e. The molecule has 0 aromatic heterocycles. The Labute approximate surface area is 64.2 Å². The first-order valence-electron chi connectivity index (χ1n) is 4.06. The van der Waals surface area contributed by atoms with E-state index in [0.717, 1.165) is 6.42 Å². The summed E-state index contributed by atoms with van der Waals surface area (Å²) >= 11 is 0. The van der Waals surface area contributed by atoms with Gasteiger partial charge in [-0.3, -0.25) is 0 Å². The highest BCUT2D eigenvalue weighted by Gasteiger charge is 2.15. The van der Waals surface area contributed by atoms with Crippen LogP contribution < -0.4 is 11.1 Å². The molecule has 0 saturated heterocycles.